The second kappa shape index (κ2) is 7.44. The molecule has 0 radical (unpaired) electrons. The fourth-order valence-electron chi connectivity index (χ4n) is 3.05. The summed E-state index contributed by atoms with van der Waals surface area (Å²) < 4.78 is 0. The van der Waals surface area contributed by atoms with Gasteiger partial charge in [0.1, 0.15) is 0 Å². The third kappa shape index (κ3) is 3.83. The predicted molar refractivity (Wildman–Crippen MR) is 82.3 cm³/mol. The fourth-order valence-corrected chi connectivity index (χ4v) is 3.05. The highest BCUT2D eigenvalue weighted by molar-refractivity contribution is 5.79. The topological polar surface area (TPSA) is 46.3 Å². The van der Waals surface area contributed by atoms with Crippen LogP contribution in [-0.4, -0.2) is 29.9 Å². The molecule has 1 fully saturated rings. The van der Waals surface area contributed by atoms with E-state index in [0.717, 1.165) is 38.6 Å². The zero-order valence-electron chi connectivity index (χ0n) is 12.4. The molecule has 3 heteroatoms. The van der Waals surface area contributed by atoms with Crippen molar-refractivity contribution >= 4 is 5.91 Å². The van der Waals surface area contributed by atoms with Crippen molar-refractivity contribution in [2.45, 2.75) is 45.1 Å². The number of likely N-dealkylation sites (tertiary alicyclic amines) is 1. The van der Waals surface area contributed by atoms with Crippen LogP contribution in [0.25, 0.3) is 0 Å². The minimum atomic E-state index is 0.106. The first-order valence-electron chi connectivity index (χ1n) is 7.77. The van der Waals surface area contributed by atoms with E-state index in [0.29, 0.717) is 18.5 Å². The third-order valence-corrected chi connectivity index (χ3v) is 4.24. The lowest BCUT2D eigenvalue weighted by Gasteiger charge is -2.27. The summed E-state index contributed by atoms with van der Waals surface area (Å²) in [5.41, 5.74) is 6.86. The van der Waals surface area contributed by atoms with Crippen LogP contribution in [-0.2, 0) is 11.2 Å². The Kier molecular flexibility index (Phi) is 5.60. The van der Waals surface area contributed by atoms with Crippen LogP contribution in [0.5, 0.6) is 0 Å². The molecular weight excluding hydrogens is 248 g/mol. The Morgan fingerprint density at radius 3 is 2.85 bits per heavy atom. The van der Waals surface area contributed by atoms with Crippen molar-refractivity contribution in [3.8, 4) is 0 Å². The lowest BCUT2D eigenvalue weighted by atomic mass is 10.0. The zero-order chi connectivity index (χ0) is 14.4. The number of rotatable bonds is 6. The number of carbonyl (C=O) groups is 1. The SMILES string of the molecule is CC(CCCN)C(=O)N1CCCC1Cc1ccccc1. The molecule has 2 N–H and O–H groups in total. The van der Waals surface area contributed by atoms with Crippen molar-refractivity contribution in [2.75, 3.05) is 13.1 Å². The Labute approximate surface area is 122 Å². The van der Waals surface area contributed by atoms with E-state index >= 15 is 0 Å². The summed E-state index contributed by atoms with van der Waals surface area (Å²) in [4.78, 5) is 14.6. The second-order valence-corrected chi connectivity index (χ2v) is 5.85. The lowest BCUT2D eigenvalue weighted by molar-refractivity contribution is -0.136. The number of hydrogen-bond acceptors (Lipinski definition) is 2. The maximum atomic E-state index is 12.5. The molecule has 1 aromatic rings. The molecule has 0 saturated carbocycles. The predicted octanol–water partition coefficient (Wildman–Crippen LogP) is 2.60. The zero-order valence-corrected chi connectivity index (χ0v) is 12.4. The third-order valence-electron chi connectivity index (χ3n) is 4.24. The largest absolute Gasteiger partial charge is 0.339 e. The molecule has 0 aromatic heterocycles. The summed E-state index contributed by atoms with van der Waals surface area (Å²) in [5.74, 6) is 0.423. The molecule has 110 valence electrons. The lowest BCUT2D eigenvalue weighted by Crippen LogP contribution is -2.40. The van der Waals surface area contributed by atoms with E-state index in [4.69, 9.17) is 5.73 Å². The number of nitrogens with zero attached hydrogens (tertiary/aromatic N) is 1. The molecule has 1 aliphatic rings. The Morgan fingerprint density at radius 1 is 1.40 bits per heavy atom. The van der Waals surface area contributed by atoms with Crippen LogP contribution in [0.4, 0.5) is 0 Å². The van der Waals surface area contributed by atoms with Gasteiger partial charge in [0.15, 0.2) is 0 Å². The van der Waals surface area contributed by atoms with Crippen LogP contribution < -0.4 is 5.73 Å². The number of amides is 1. The number of hydrogen-bond donors (Lipinski definition) is 1. The Hall–Kier alpha value is -1.35. The van der Waals surface area contributed by atoms with Gasteiger partial charge in [-0.25, -0.2) is 0 Å². The van der Waals surface area contributed by atoms with Gasteiger partial charge in [0.2, 0.25) is 5.91 Å². The van der Waals surface area contributed by atoms with Gasteiger partial charge >= 0.3 is 0 Å². The summed E-state index contributed by atoms with van der Waals surface area (Å²) in [5, 5.41) is 0. The van der Waals surface area contributed by atoms with Gasteiger partial charge in [0.05, 0.1) is 0 Å². The average Bonchev–Trinajstić information content (AvgIpc) is 2.93. The van der Waals surface area contributed by atoms with Gasteiger partial charge in [-0.2, -0.15) is 0 Å². The summed E-state index contributed by atoms with van der Waals surface area (Å²) in [6.07, 6.45) is 5.08. The monoisotopic (exact) mass is 274 g/mol. The van der Waals surface area contributed by atoms with Crippen molar-refractivity contribution in [3.63, 3.8) is 0 Å². The van der Waals surface area contributed by atoms with Crippen molar-refractivity contribution < 1.29 is 4.79 Å². The molecule has 1 heterocycles. The summed E-state index contributed by atoms with van der Waals surface area (Å²) in [6.45, 7) is 3.63. The Morgan fingerprint density at radius 2 is 2.15 bits per heavy atom. The smallest absolute Gasteiger partial charge is 0.225 e. The molecular formula is C17H26N2O. The molecule has 1 aromatic carbocycles. The molecule has 2 rings (SSSR count). The van der Waals surface area contributed by atoms with Gasteiger partial charge in [-0.15, -0.1) is 0 Å². The van der Waals surface area contributed by atoms with E-state index in [1.165, 1.54) is 5.56 Å². The van der Waals surface area contributed by atoms with Gasteiger partial charge in [0, 0.05) is 18.5 Å². The van der Waals surface area contributed by atoms with Crippen LogP contribution in [0.1, 0.15) is 38.2 Å². The van der Waals surface area contributed by atoms with E-state index in [1.54, 1.807) is 0 Å². The van der Waals surface area contributed by atoms with Crippen molar-refractivity contribution in [2.24, 2.45) is 11.7 Å². The van der Waals surface area contributed by atoms with E-state index in [1.807, 2.05) is 13.0 Å². The van der Waals surface area contributed by atoms with Crippen molar-refractivity contribution in [1.29, 1.82) is 0 Å². The molecule has 1 aliphatic heterocycles. The van der Waals surface area contributed by atoms with Gasteiger partial charge in [0.25, 0.3) is 0 Å². The number of benzene rings is 1. The average molecular weight is 274 g/mol. The quantitative estimate of drug-likeness (QED) is 0.866. The van der Waals surface area contributed by atoms with Gasteiger partial charge in [-0.1, -0.05) is 37.3 Å². The van der Waals surface area contributed by atoms with Crippen LogP contribution in [0, 0.1) is 5.92 Å². The Balaban J connectivity index is 1.94. The highest BCUT2D eigenvalue weighted by Gasteiger charge is 2.30. The minimum absolute atomic E-state index is 0.106. The van der Waals surface area contributed by atoms with Gasteiger partial charge in [-0.05, 0) is 44.2 Å². The molecule has 0 bridgehead atoms. The highest BCUT2D eigenvalue weighted by atomic mass is 16.2. The molecule has 3 nitrogen and oxygen atoms in total. The van der Waals surface area contributed by atoms with Crippen LogP contribution in [0.3, 0.4) is 0 Å². The first-order chi connectivity index (χ1) is 9.72. The first-order valence-corrected chi connectivity index (χ1v) is 7.77. The first kappa shape index (κ1) is 15.0. The number of nitrogens with two attached hydrogens (primary N) is 1. The summed E-state index contributed by atoms with van der Waals surface area (Å²) in [6, 6.07) is 10.9. The van der Waals surface area contributed by atoms with Gasteiger partial charge < -0.3 is 10.6 Å². The standard InChI is InChI=1S/C17H26N2O/c1-14(7-5-11-18)17(20)19-12-6-10-16(19)13-15-8-3-2-4-9-15/h2-4,8-9,14,16H,5-7,10-13,18H2,1H3. The molecule has 20 heavy (non-hydrogen) atoms. The molecule has 1 amide bonds. The summed E-state index contributed by atoms with van der Waals surface area (Å²) >= 11 is 0. The minimum Gasteiger partial charge on any atom is -0.339 e. The van der Waals surface area contributed by atoms with E-state index < -0.39 is 0 Å². The molecule has 0 aliphatic carbocycles. The van der Waals surface area contributed by atoms with Crippen LogP contribution >= 0.6 is 0 Å². The van der Waals surface area contributed by atoms with Crippen LogP contribution in [0.2, 0.25) is 0 Å². The van der Waals surface area contributed by atoms with E-state index in [9.17, 15) is 4.79 Å². The highest BCUT2D eigenvalue weighted by Crippen LogP contribution is 2.24. The maximum absolute atomic E-state index is 12.5. The normalized spacial score (nSPS) is 20.1. The second-order valence-electron chi connectivity index (χ2n) is 5.85. The fraction of sp³-hybridized carbons (Fsp3) is 0.588. The summed E-state index contributed by atoms with van der Waals surface area (Å²) in [7, 11) is 0. The molecule has 0 spiro atoms. The van der Waals surface area contributed by atoms with Crippen molar-refractivity contribution in [3.05, 3.63) is 35.9 Å². The molecule has 1 saturated heterocycles. The van der Waals surface area contributed by atoms with Crippen LogP contribution in [0.15, 0.2) is 30.3 Å². The van der Waals surface area contributed by atoms with Crippen molar-refractivity contribution in [1.82, 2.24) is 4.90 Å². The van der Waals surface area contributed by atoms with Gasteiger partial charge in [-0.3, -0.25) is 4.79 Å². The van der Waals surface area contributed by atoms with E-state index in [2.05, 4.69) is 29.2 Å². The molecule has 2 unspecified atom stereocenters. The maximum Gasteiger partial charge on any atom is 0.225 e. The number of carbonyl (C=O) groups excluding carboxylic acids is 1. The Bertz CT molecular complexity index is 418. The molecule has 2 atom stereocenters. The van der Waals surface area contributed by atoms with E-state index in [-0.39, 0.29) is 5.92 Å².